The van der Waals surface area contributed by atoms with Crippen molar-refractivity contribution in [1.29, 1.82) is 0 Å². The van der Waals surface area contributed by atoms with E-state index in [9.17, 15) is 0 Å². The zero-order valence-electron chi connectivity index (χ0n) is 10.4. The summed E-state index contributed by atoms with van der Waals surface area (Å²) in [5, 5.41) is 3.31. The van der Waals surface area contributed by atoms with Crippen LogP contribution in [0, 0.1) is 5.92 Å². The van der Waals surface area contributed by atoms with Crippen LogP contribution in [0.15, 0.2) is 12.4 Å². The summed E-state index contributed by atoms with van der Waals surface area (Å²) in [7, 11) is 1.72. The number of nitrogens with one attached hydrogen (secondary N) is 1. The van der Waals surface area contributed by atoms with E-state index < -0.39 is 0 Å². The summed E-state index contributed by atoms with van der Waals surface area (Å²) in [6.45, 7) is 2.62. The second-order valence-corrected chi connectivity index (χ2v) is 5.60. The number of imidazole rings is 1. The summed E-state index contributed by atoms with van der Waals surface area (Å²) in [4.78, 5) is 4.34. The van der Waals surface area contributed by atoms with Gasteiger partial charge < -0.3 is 14.6 Å². The lowest BCUT2D eigenvalue weighted by molar-refractivity contribution is 0.210. The first kappa shape index (κ1) is 12.8. The second-order valence-electron chi connectivity index (χ2n) is 4.38. The first-order valence-electron chi connectivity index (χ1n) is 6.22. The molecule has 5 heteroatoms. The third kappa shape index (κ3) is 3.92. The summed E-state index contributed by atoms with van der Waals surface area (Å²) in [6.07, 6.45) is 6.60. The van der Waals surface area contributed by atoms with Gasteiger partial charge in [0.05, 0.1) is 6.61 Å². The molecule has 1 saturated heterocycles. The first-order valence-corrected chi connectivity index (χ1v) is 7.37. The van der Waals surface area contributed by atoms with Crippen molar-refractivity contribution < 1.29 is 4.74 Å². The Balaban J connectivity index is 1.84. The molecule has 1 N–H and O–H groups in total. The van der Waals surface area contributed by atoms with Crippen molar-refractivity contribution >= 4 is 17.7 Å². The van der Waals surface area contributed by atoms with Crippen molar-refractivity contribution in [3.63, 3.8) is 0 Å². The van der Waals surface area contributed by atoms with Crippen LogP contribution in [0.25, 0.3) is 0 Å². The van der Waals surface area contributed by atoms with Crippen molar-refractivity contribution in [2.45, 2.75) is 19.4 Å². The molecular weight excluding hydrogens is 234 g/mol. The third-order valence-corrected chi connectivity index (χ3v) is 4.15. The van der Waals surface area contributed by atoms with Gasteiger partial charge in [0.2, 0.25) is 5.95 Å². The van der Waals surface area contributed by atoms with Crippen LogP contribution in [-0.4, -0.2) is 41.3 Å². The topological polar surface area (TPSA) is 39.1 Å². The highest BCUT2D eigenvalue weighted by Gasteiger charge is 2.15. The van der Waals surface area contributed by atoms with E-state index in [2.05, 4.69) is 32.8 Å². The number of methoxy groups -OCH3 is 1. The maximum Gasteiger partial charge on any atom is 0.202 e. The van der Waals surface area contributed by atoms with Gasteiger partial charge in [0, 0.05) is 32.6 Å². The van der Waals surface area contributed by atoms with Crippen molar-refractivity contribution in [3.05, 3.63) is 12.4 Å². The minimum absolute atomic E-state index is 0.715. The van der Waals surface area contributed by atoms with Gasteiger partial charge in [-0.1, -0.05) is 0 Å². The minimum atomic E-state index is 0.715. The predicted octanol–water partition coefficient (Wildman–Crippen LogP) is 2.08. The van der Waals surface area contributed by atoms with Crippen molar-refractivity contribution in [2.75, 3.05) is 37.1 Å². The Morgan fingerprint density at radius 2 is 2.35 bits per heavy atom. The maximum absolute atomic E-state index is 5.03. The molecule has 2 heterocycles. The Labute approximate surface area is 107 Å². The molecule has 1 aromatic rings. The average Bonchev–Trinajstić information content (AvgIpc) is 2.79. The number of thioether (sulfide) groups is 1. The van der Waals surface area contributed by atoms with Gasteiger partial charge in [0.25, 0.3) is 0 Å². The van der Waals surface area contributed by atoms with Crippen LogP contribution in [0.1, 0.15) is 12.8 Å². The molecule has 0 atom stereocenters. The molecule has 96 valence electrons. The lowest BCUT2D eigenvalue weighted by Gasteiger charge is -2.22. The van der Waals surface area contributed by atoms with Gasteiger partial charge in [0.15, 0.2) is 0 Å². The molecule has 0 saturated carbocycles. The van der Waals surface area contributed by atoms with Crippen LogP contribution < -0.4 is 5.32 Å². The van der Waals surface area contributed by atoms with E-state index >= 15 is 0 Å². The monoisotopic (exact) mass is 255 g/mol. The molecule has 0 unspecified atom stereocenters. The van der Waals surface area contributed by atoms with Crippen LogP contribution in [0.3, 0.4) is 0 Å². The Hall–Kier alpha value is -0.680. The quantitative estimate of drug-likeness (QED) is 0.790. The zero-order chi connectivity index (χ0) is 11.9. The first-order chi connectivity index (χ1) is 8.40. The molecular formula is C12H21N3OS. The number of ether oxygens (including phenoxy) is 1. The van der Waals surface area contributed by atoms with Gasteiger partial charge in [-0.3, -0.25) is 0 Å². The number of rotatable bonds is 6. The standard InChI is InChI=1S/C12H21N3OS/c1-16-7-5-14-12-13-4-6-15(12)10-11-2-8-17-9-3-11/h4,6,11H,2-3,5,7-10H2,1H3,(H,13,14). The molecule has 0 aromatic carbocycles. The Kier molecular flexibility index (Phi) is 5.19. The molecule has 1 aliphatic heterocycles. The Morgan fingerprint density at radius 1 is 1.53 bits per heavy atom. The van der Waals surface area contributed by atoms with Gasteiger partial charge in [-0.25, -0.2) is 4.98 Å². The largest absolute Gasteiger partial charge is 0.383 e. The van der Waals surface area contributed by atoms with E-state index in [-0.39, 0.29) is 0 Å². The normalized spacial score (nSPS) is 17.2. The molecule has 0 spiro atoms. The summed E-state index contributed by atoms with van der Waals surface area (Å²) >= 11 is 2.08. The second kappa shape index (κ2) is 6.91. The number of nitrogens with zero attached hydrogens (tertiary/aromatic N) is 2. The van der Waals surface area contributed by atoms with Crippen LogP contribution in [0.2, 0.25) is 0 Å². The summed E-state index contributed by atoms with van der Waals surface area (Å²) < 4.78 is 7.26. The summed E-state index contributed by atoms with van der Waals surface area (Å²) in [5.74, 6) is 4.41. The number of anilines is 1. The highest BCUT2D eigenvalue weighted by Crippen LogP contribution is 2.24. The highest BCUT2D eigenvalue weighted by molar-refractivity contribution is 7.99. The molecule has 0 bridgehead atoms. The molecule has 0 radical (unpaired) electrons. The van der Waals surface area contributed by atoms with Gasteiger partial charge in [-0.15, -0.1) is 0 Å². The van der Waals surface area contributed by atoms with Crippen LogP contribution >= 0.6 is 11.8 Å². The van der Waals surface area contributed by atoms with Crippen LogP contribution in [0.4, 0.5) is 5.95 Å². The molecule has 1 aromatic heterocycles. The minimum Gasteiger partial charge on any atom is -0.383 e. The fourth-order valence-corrected chi connectivity index (χ4v) is 3.30. The number of hydrogen-bond acceptors (Lipinski definition) is 4. The molecule has 1 fully saturated rings. The van der Waals surface area contributed by atoms with E-state index in [0.29, 0.717) is 6.61 Å². The summed E-state index contributed by atoms with van der Waals surface area (Å²) in [5.41, 5.74) is 0. The van der Waals surface area contributed by atoms with Crippen molar-refractivity contribution in [1.82, 2.24) is 9.55 Å². The molecule has 0 amide bonds. The SMILES string of the molecule is COCCNc1nccn1CC1CCSCC1. The highest BCUT2D eigenvalue weighted by atomic mass is 32.2. The van der Waals surface area contributed by atoms with Gasteiger partial charge in [-0.05, 0) is 30.3 Å². The van der Waals surface area contributed by atoms with E-state index in [1.807, 2.05) is 6.20 Å². The lowest BCUT2D eigenvalue weighted by Crippen LogP contribution is -2.18. The third-order valence-electron chi connectivity index (χ3n) is 3.10. The summed E-state index contributed by atoms with van der Waals surface area (Å²) in [6, 6.07) is 0. The Morgan fingerprint density at radius 3 is 3.12 bits per heavy atom. The van der Waals surface area contributed by atoms with E-state index in [0.717, 1.165) is 25.0 Å². The smallest absolute Gasteiger partial charge is 0.202 e. The van der Waals surface area contributed by atoms with Gasteiger partial charge in [-0.2, -0.15) is 11.8 Å². The van der Waals surface area contributed by atoms with Gasteiger partial charge in [0.1, 0.15) is 0 Å². The molecule has 17 heavy (non-hydrogen) atoms. The van der Waals surface area contributed by atoms with Crippen molar-refractivity contribution in [2.24, 2.45) is 5.92 Å². The van der Waals surface area contributed by atoms with E-state index in [1.165, 1.54) is 24.3 Å². The molecule has 0 aliphatic carbocycles. The Bertz CT molecular complexity index is 323. The van der Waals surface area contributed by atoms with E-state index in [1.54, 1.807) is 7.11 Å². The molecule has 2 rings (SSSR count). The molecule has 4 nitrogen and oxygen atoms in total. The fraction of sp³-hybridized carbons (Fsp3) is 0.750. The average molecular weight is 255 g/mol. The predicted molar refractivity (Wildman–Crippen MR) is 72.6 cm³/mol. The number of aromatic nitrogens is 2. The zero-order valence-corrected chi connectivity index (χ0v) is 11.2. The fourth-order valence-electron chi connectivity index (χ4n) is 2.10. The van der Waals surface area contributed by atoms with Crippen molar-refractivity contribution in [3.8, 4) is 0 Å². The lowest BCUT2D eigenvalue weighted by atomic mass is 10.0. The maximum atomic E-state index is 5.03. The van der Waals surface area contributed by atoms with Crippen LogP contribution in [-0.2, 0) is 11.3 Å². The van der Waals surface area contributed by atoms with Gasteiger partial charge >= 0.3 is 0 Å². The number of hydrogen-bond donors (Lipinski definition) is 1. The van der Waals surface area contributed by atoms with Crippen LogP contribution in [0.5, 0.6) is 0 Å². The van der Waals surface area contributed by atoms with E-state index in [4.69, 9.17) is 4.74 Å². The molecule has 1 aliphatic rings.